The van der Waals surface area contributed by atoms with Crippen LogP contribution in [0.15, 0.2) is 29.0 Å². The molecule has 0 aromatic carbocycles. The van der Waals surface area contributed by atoms with Crippen LogP contribution in [0.25, 0.3) is 0 Å². The van der Waals surface area contributed by atoms with E-state index in [-0.39, 0.29) is 0 Å². The summed E-state index contributed by atoms with van der Waals surface area (Å²) < 4.78 is 11.6. The van der Waals surface area contributed by atoms with Gasteiger partial charge in [-0.2, -0.15) is 4.98 Å². The van der Waals surface area contributed by atoms with Gasteiger partial charge in [-0.25, -0.2) is 4.98 Å². The topological polar surface area (TPSA) is 83.2 Å². The number of nitrogen functional groups attached to an aromatic ring is 1. The molecule has 100 valence electrons. The molecule has 0 aliphatic carbocycles. The zero-order chi connectivity index (χ0) is 13.7. The van der Waals surface area contributed by atoms with Gasteiger partial charge in [0.25, 0.3) is 0 Å². The van der Waals surface area contributed by atoms with Crippen LogP contribution in [0.2, 0.25) is 0 Å². The monoisotopic (exact) mass is 324 g/mol. The van der Waals surface area contributed by atoms with Crippen molar-refractivity contribution in [2.75, 3.05) is 12.3 Å². The van der Waals surface area contributed by atoms with Crippen LogP contribution in [-0.2, 0) is 11.3 Å². The molecule has 2 N–H and O–H groups in total. The molecule has 0 aliphatic rings. The van der Waals surface area contributed by atoms with E-state index in [1.165, 1.54) is 0 Å². The summed E-state index contributed by atoms with van der Waals surface area (Å²) in [5.41, 5.74) is 5.70. The quantitative estimate of drug-likeness (QED) is 0.909. The van der Waals surface area contributed by atoms with Crippen molar-refractivity contribution in [3.05, 3.63) is 34.8 Å². The number of pyridine rings is 1. The highest BCUT2D eigenvalue weighted by molar-refractivity contribution is 9.10. The molecule has 0 spiro atoms. The summed E-state index contributed by atoms with van der Waals surface area (Å²) in [6.07, 6.45) is 3.26. The first-order valence-corrected chi connectivity index (χ1v) is 6.46. The van der Waals surface area contributed by atoms with Crippen LogP contribution in [-0.4, -0.2) is 21.6 Å². The lowest BCUT2D eigenvalue weighted by atomic mass is 10.4. The van der Waals surface area contributed by atoms with E-state index in [1.54, 1.807) is 24.5 Å². The molecule has 2 rings (SSSR count). The van der Waals surface area contributed by atoms with Crippen LogP contribution in [0.1, 0.15) is 12.7 Å². The largest absolute Gasteiger partial charge is 0.437 e. The number of rotatable bonds is 5. The minimum atomic E-state index is 0.300. The first kappa shape index (κ1) is 13.7. The Balaban J connectivity index is 2.17. The van der Waals surface area contributed by atoms with Crippen molar-refractivity contribution in [3.8, 4) is 11.6 Å². The van der Waals surface area contributed by atoms with E-state index < -0.39 is 0 Å². The molecule has 0 saturated heterocycles. The van der Waals surface area contributed by atoms with Crippen LogP contribution in [0.5, 0.6) is 11.6 Å². The van der Waals surface area contributed by atoms with E-state index in [0.29, 0.717) is 36.5 Å². The van der Waals surface area contributed by atoms with E-state index in [2.05, 4.69) is 30.9 Å². The Morgan fingerprint density at radius 3 is 2.84 bits per heavy atom. The maximum atomic E-state index is 5.70. The molecule has 19 heavy (non-hydrogen) atoms. The predicted octanol–water partition coefficient (Wildman–Crippen LogP) is 2.55. The molecule has 0 fully saturated rings. The molecule has 2 aromatic rings. The van der Waals surface area contributed by atoms with Crippen molar-refractivity contribution in [3.63, 3.8) is 0 Å². The first-order chi connectivity index (χ1) is 9.17. The molecule has 0 bridgehead atoms. The first-order valence-electron chi connectivity index (χ1n) is 5.67. The second-order valence-electron chi connectivity index (χ2n) is 3.63. The molecule has 0 amide bonds. The summed E-state index contributed by atoms with van der Waals surface area (Å²) in [6, 6.07) is 3.34. The third kappa shape index (κ3) is 4.15. The lowest BCUT2D eigenvalue weighted by Gasteiger charge is -2.07. The standard InChI is InChI=1S/C12H13BrN4O2/c1-2-18-7-11-16-10(14)4-12(17-11)19-9-3-8(13)5-15-6-9/h3-6H,2,7H2,1H3,(H2,14,16,17). The zero-order valence-electron chi connectivity index (χ0n) is 10.3. The molecule has 2 heterocycles. The lowest BCUT2D eigenvalue weighted by molar-refractivity contribution is 0.128. The van der Waals surface area contributed by atoms with Gasteiger partial charge in [0, 0.05) is 23.3 Å². The van der Waals surface area contributed by atoms with E-state index in [1.807, 2.05) is 6.92 Å². The van der Waals surface area contributed by atoms with Crippen molar-refractivity contribution in [1.29, 1.82) is 0 Å². The van der Waals surface area contributed by atoms with Gasteiger partial charge < -0.3 is 15.2 Å². The number of hydrogen-bond acceptors (Lipinski definition) is 6. The van der Waals surface area contributed by atoms with Crippen LogP contribution >= 0.6 is 15.9 Å². The number of hydrogen-bond donors (Lipinski definition) is 1. The van der Waals surface area contributed by atoms with Gasteiger partial charge in [-0.15, -0.1) is 0 Å². The van der Waals surface area contributed by atoms with E-state index in [0.717, 1.165) is 4.47 Å². The van der Waals surface area contributed by atoms with Crippen molar-refractivity contribution in [1.82, 2.24) is 15.0 Å². The van der Waals surface area contributed by atoms with E-state index in [9.17, 15) is 0 Å². The smallest absolute Gasteiger partial charge is 0.224 e. The molecule has 7 heteroatoms. The minimum absolute atomic E-state index is 0.300. The van der Waals surface area contributed by atoms with Crippen LogP contribution < -0.4 is 10.5 Å². The Hall–Kier alpha value is -1.73. The molecular formula is C12H13BrN4O2. The highest BCUT2D eigenvalue weighted by Crippen LogP contribution is 2.22. The summed E-state index contributed by atoms with van der Waals surface area (Å²) in [4.78, 5) is 12.3. The Labute approximate surface area is 119 Å². The predicted molar refractivity (Wildman–Crippen MR) is 73.8 cm³/mol. The average molecular weight is 325 g/mol. The Morgan fingerprint density at radius 2 is 2.11 bits per heavy atom. The SMILES string of the molecule is CCOCc1nc(N)cc(Oc2cncc(Br)c2)n1. The molecule has 0 radical (unpaired) electrons. The highest BCUT2D eigenvalue weighted by atomic mass is 79.9. The van der Waals surface area contributed by atoms with E-state index in [4.69, 9.17) is 15.2 Å². The third-order valence-electron chi connectivity index (χ3n) is 2.11. The van der Waals surface area contributed by atoms with Gasteiger partial charge in [0.1, 0.15) is 18.2 Å². The fourth-order valence-corrected chi connectivity index (χ4v) is 1.72. The van der Waals surface area contributed by atoms with E-state index >= 15 is 0 Å². The number of nitrogens with zero attached hydrogens (tertiary/aromatic N) is 3. The van der Waals surface area contributed by atoms with Gasteiger partial charge in [0.05, 0.1) is 6.20 Å². The second-order valence-corrected chi connectivity index (χ2v) is 4.54. The summed E-state index contributed by atoms with van der Waals surface area (Å²) in [7, 11) is 0. The summed E-state index contributed by atoms with van der Waals surface area (Å²) >= 11 is 3.32. The number of ether oxygens (including phenoxy) is 2. The van der Waals surface area contributed by atoms with Crippen molar-refractivity contribution >= 4 is 21.7 Å². The van der Waals surface area contributed by atoms with Gasteiger partial charge in [-0.05, 0) is 28.9 Å². The number of halogens is 1. The summed E-state index contributed by atoms with van der Waals surface area (Å²) in [6.45, 7) is 2.79. The van der Waals surface area contributed by atoms with Gasteiger partial charge >= 0.3 is 0 Å². The third-order valence-corrected chi connectivity index (χ3v) is 2.54. The number of aromatic nitrogens is 3. The Bertz CT molecular complexity index is 565. The van der Waals surface area contributed by atoms with Gasteiger partial charge in [-0.3, -0.25) is 4.98 Å². The Morgan fingerprint density at radius 1 is 1.26 bits per heavy atom. The van der Waals surface area contributed by atoms with Crippen LogP contribution in [0.3, 0.4) is 0 Å². The average Bonchev–Trinajstić information content (AvgIpc) is 2.35. The van der Waals surface area contributed by atoms with Crippen LogP contribution in [0.4, 0.5) is 5.82 Å². The fourth-order valence-electron chi connectivity index (χ4n) is 1.37. The summed E-state index contributed by atoms with van der Waals surface area (Å²) in [5.74, 6) is 1.75. The van der Waals surface area contributed by atoms with Crippen molar-refractivity contribution in [2.45, 2.75) is 13.5 Å². The number of anilines is 1. The van der Waals surface area contributed by atoms with Gasteiger partial charge in [0.2, 0.25) is 5.88 Å². The van der Waals surface area contributed by atoms with Crippen LogP contribution in [0, 0.1) is 0 Å². The highest BCUT2D eigenvalue weighted by Gasteiger charge is 2.06. The lowest BCUT2D eigenvalue weighted by Crippen LogP contribution is -2.03. The second kappa shape index (κ2) is 6.44. The summed E-state index contributed by atoms with van der Waals surface area (Å²) in [5, 5.41) is 0. The molecule has 0 unspecified atom stereocenters. The number of nitrogens with two attached hydrogens (primary N) is 1. The Kier molecular flexibility index (Phi) is 4.64. The molecule has 0 saturated carbocycles. The fraction of sp³-hybridized carbons (Fsp3) is 0.250. The molecular weight excluding hydrogens is 312 g/mol. The molecule has 0 aliphatic heterocycles. The van der Waals surface area contributed by atoms with Gasteiger partial charge in [0.15, 0.2) is 5.82 Å². The maximum Gasteiger partial charge on any atom is 0.224 e. The molecule has 2 aromatic heterocycles. The van der Waals surface area contributed by atoms with Gasteiger partial charge in [-0.1, -0.05) is 0 Å². The zero-order valence-corrected chi connectivity index (χ0v) is 11.9. The van der Waals surface area contributed by atoms with Crippen molar-refractivity contribution < 1.29 is 9.47 Å². The molecule has 6 nitrogen and oxygen atoms in total. The molecule has 0 atom stereocenters. The minimum Gasteiger partial charge on any atom is -0.437 e. The van der Waals surface area contributed by atoms with Crippen molar-refractivity contribution in [2.24, 2.45) is 0 Å². The normalized spacial score (nSPS) is 10.4. The maximum absolute atomic E-state index is 5.70.